The number of carbonyl (C=O) groups is 1. The van der Waals surface area contributed by atoms with Crippen LogP contribution in [0.2, 0.25) is 0 Å². The van der Waals surface area contributed by atoms with E-state index in [1.165, 1.54) is 32.1 Å². The van der Waals surface area contributed by atoms with E-state index in [0.29, 0.717) is 34.2 Å². The Bertz CT molecular complexity index is 828. The molecule has 0 bridgehead atoms. The highest BCUT2D eigenvalue weighted by Gasteiger charge is 2.61. The van der Waals surface area contributed by atoms with Crippen LogP contribution < -0.4 is 5.69 Å². The monoisotopic (exact) mass is 298 g/mol. The van der Waals surface area contributed by atoms with E-state index in [-0.39, 0.29) is 11.6 Å². The van der Waals surface area contributed by atoms with E-state index in [4.69, 9.17) is 0 Å². The van der Waals surface area contributed by atoms with Gasteiger partial charge < -0.3 is 9.88 Å². The Morgan fingerprint density at radius 1 is 1.27 bits per heavy atom. The number of imidazole rings is 1. The zero-order valence-electron chi connectivity index (χ0n) is 12.3. The fourth-order valence-electron chi connectivity index (χ4n) is 4.38. The zero-order chi connectivity index (χ0) is 14.9. The van der Waals surface area contributed by atoms with Crippen molar-refractivity contribution in [2.45, 2.75) is 38.1 Å². The van der Waals surface area contributed by atoms with Gasteiger partial charge in [-0.3, -0.25) is 9.78 Å². The molecule has 2 aromatic heterocycles. The van der Waals surface area contributed by atoms with Crippen LogP contribution in [0.15, 0.2) is 16.9 Å². The molecule has 2 saturated carbocycles. The Hall–Kier alpha value is -2.11. The molecule has 1 amide bonds. The maximum absolute atomic E-state index is 12.8. The number of hydrogen-bond donors (Lipinski definition) is 2. The minimum atomic E-state index is -0.291. The summed E-state index contributed by atoms with van der Waals surface area (Å²) in [6.07, 6.45) is 6.37. The van der Waals surface area contributed by atoms with Crippen LogP contribution in [0.5, 0.6) is 0 Å². The Morgan fingerprint density at radius 2 is 2.09 bits per heavy atom. The molecule has 22 heavy (non-hydrogen) atoms. The van der Waals surface area contributed by atoms with Crippen molar-refractivity contribution in [1.82, 2.24) is 19.9 Å². The summed E-state index contributed by atoms with van der Waals surface area (Å²) in [5.74, 6) is 0.715. The van der Waals surface area contributed by atoms with Gasteiger partial charge in [0.25, 0.3) is 5.91 Å². The molecule has 3 aliphatic rings. The molecule has 0 radical (unpaired) electrons. The fourth-order valence-corrected chi connectivity index (χ4v) is 4.38. The molecule has 1 spiro atoms. The van der Waals surface area contributed by atoms with Gasteiger partial charge in [0.2, 0.25) is 0 Å². The molecule has 3 fully saturated rings. The summed E-state index contributed by atoms with van der Waals surface area (Å²) >= 11 is 0. The summed E-state index contributed by atoms with van der Waals surface area (Å²) in [5, 5.41) is 0. The minimum absolute atomic E-state index is 0.0124. The number of nitrogens with one attached hydrogen (secondary N) is 2. The maximum Gasteiger partial charge on any atom is 0.325 e. The first-order valence-corrected chi connectivity index (χ1v) is 8.06. The van der Waals surface area contributed by atoms with E-state index in [0.717, 1.165) is 6.54 Å². The van der Waals surface area contributed by atoms with Gasteiger partial charge in [0.15, 0.2) is 5.65 Å². The molecule has 3 heterocycles. The van der Waals surface area contributed by atoms with Crippen molar-refractivity contribution in [3.8, 4) is 0 Å². The molecule has 114 valence electrons. The van der Waals surface area contributed by atoms with Gasteiger partial charge in [0, 0.05) is 18.0 Å². The number of amides is 1. The normalized spacial score (nSPS) is 26.0. The van der Waals surface area contributed by atoms with Crippen molar-refractivity contribution in [3.63, 3.8) is 0 Å². The molecule has 1 atom stereocenters. The summed E-state index contributed by atoms with van der Waals surface area (Å²) in [4.78, 5) is 35.7. The van der Waals surface area contributed by atoms with Crippen LogP contribution in [0.3, 0.4) is 0 Å². The number of aromatic nitrogens is 3. The number of rotatable bonds is 2. The molecule has 1 aliphatic heterocycles. The Kier molecular flexibility index (Phi) is 2.26. The van der Waals surface area contributed by atoms with Gasteiger partial charge in [-0.15, -0.1) is 0 Å². The van der Waals surface area contributed by atoms with E-state index in [2.05, 4.69) is 15.0 Å². The van der Waals surface area contributed by atoms with Gasteiger partial charge in [-0.2, -0.15) is 0 Å². The van der Waals surface area contributed by atoms with Crippen LogP contribution in [0.4, 0.5) is 0 Å². The molecule has 5 rings (SSSR count). The first-order valence-electron chi connectivity index (χ1n) is 8.06. The number of nitrogens with zero attached hydrogens (tertiary/aromatic N) is 2. The summed E-state index contributed by atoms with van der Waals surface area (Å²) in [5.41, 5.74) is 1.66. The van der Waals surface area contributed by atoms with Crippen LogP contribution in [0, 0.1) is 11.3 Å². The summed E-state index contributed by atoms with van der Waals surface area (Å²) in [6.45, 7) is 0.885. The third-order valence-electron chi connectivity index (χ3n) is 5.72. The Balaban J connectivity index is 1.46. The predicted molar refractivity (Wildman–Crippen MR) is 80.5 cm³/mol. The van der Waals surface area contributed by atoms with E-state index in [1.807, 2.05) is 4.90 Å². The van der Waals surface area contributed by atoms with E-state index >= 15 is 0 Å². The molecule has 1 unspecified atom stereocenters. The van der Waals surface area contributed by atoms with Crippen LogP contribution in [0.1, 0.15) is 42.6 Å². The van der Waals surface area contributed by atoms with Crippen molar-refractivity contribution in [1.29, 1.82) is 0 Å². The molecule has 2 aliphatic carbocycles. The molecule has 0 aromatic carbocycles. The highest BCUT2D eigenvalue weighted by atomic mass is 16.2. The first kappa shape index (κ1) is 12.4. The standard InChI is InChI=1S/C16H18N4O2/c21-14(11-5-4-10-13(17-11)19-15(22)18-10)20-8-16(6-1-7-16)12(20)9-2-3-9/h4-5,9,12H,1-3,6-8H2,(H2,17,18,19,22). The average molecular weight is 298 g/mol. The number of H-pyrrole nitrogens is 2. The highest BCUT2D eigenvalue weighted by Crippen LogP contribution is 2.59. The minimum Gasteiger partial charge on any atom is -0.333 e. The largest absolute Gasteiger partial charge is 0.333 e. The highest BCUT2D eigenvalue weighted by molar-refractivity contribution is 5.95. The quantitative estimate of drug-likeness (QED) is 0.884. The van der Waals surface area contributed by atoms with Crippen LogP contribution >= 0.6 is 0 Å². The lowest BCUT2D eigenvalue weighted by molar-refractivity contribution is -0.111. The zero-order valence-corrected chi connectivity index (χ0v) is 12.3. The van der Waals surface area contributed by atoms with Gasteiger partial charge in [0.05, 0.1) is 5.52 Å². The van der Waals surface area contributed by atoms with Gasteiger partial charge in [-0.25, -0.2) is 9.78 Å². The molecule has 6 nitrogen and oxygen atoms in total. The fraction of sp³-hybridized carbons (Fsp3) is 0.562. The van der Waals surface area contributed by atoms with Crippen molar-refractivity contribution in [2.75, 3.05) is 6.54 Å². The van der Waals surface area contributed by atoms with Crippen LogP contribution in [-0.4, -0.2) is 38.3 Å². The molecule has 6 heteroatoms. The molecule has 2 aromatic rings. The number of likely N-dealkylation sites (tertiary alicyclic amines) is 1. The van der Waals surface area contributed by atoms with Crippen molar-refractivity contribution in [2.24, 2.45) is 11.3 Å². The lowest BCUT2D eigenvalue weighted by Crippen LogP contribution is -2.69. The Morgan fingerprint density at radius 3 is 2.77 bits per heavy atom. The van der Waals surface area contributed by atoms with Crippen molar-refractivity contribution < 1.29 is 4.79 Å². The average Bonchev–Trinajstić information content (AvgIpc) is 3.14. The van der Waals surface area contributed by atoms with Crippen molar-refractivity contribution in [3.05, 3.63) is 28.3 Å². The summed E-state index contributed by atoms with van der Waals surface area (Å²) in [7, 11) is 0. The number of aromatic amines is 2. The number of pyridine rings is 1. The third kappa shape index (κ3) is 1.58. The van der Waals surface area contributed by atoms with Gasteiger partial charge in [0.1, 0.15) is 5.69 Å². The Labute approximate surface area is 126 Å². The van der Waals surface area contributed by atoms with Gasteiger partial charge in [-0.1, -0.05) is 6.42 Å². The lowest BCUT2D eigenvalue weighted by atomic mass is 9.56. The molecular weight excluding hydrogens is 280 g/mol. The van der Waals surface area contributed by atoms with Crippen LogP contribution in [-0.2, 0) is 0 Å². The maximum atomic E-state index is 12.8. The second-order valence-electron chi connectivity index (χ2n) is 7.10. The third-order valence-corrected chi connectivity index (χ3v) is 5.72. The summed E-state index contributed by atoms with van der Waals surface area (Å²) in [6, 6.07) is 3.89. The predicted octanol–water partition coefficient (Wildman–Crippen LogP) is 1.66. The topological polar surface area (TPSA) is 81.8 Å². The van der Waals surface area contributed by atoms with Gasteiger partial charge in [-0.05, 0) is 43.7 Å². The number of carbonyl (C=O) groups excluding carboxylic acids is 1. The SMILES string of the molecule is O=C(c1ccc2[nH]c(=O)[nH]c2n1)N1CC2(CCC2)C1C1CC1. The van der Waals surface area contributed by atoms with E-state index in [1.54, 1.807) is 12.1 Å². The smallest absolute Gasteiger partial charge is 0.325 e. The first-order chi connectivity index (χ1) is 10.7. The molecule has 1 saturated heterocycles. The number of fused-ring (bicyclic) bond motifs is 1. The van der Waals surface area contributed by atoms with E-state index < -0.39 is 0 Å². The molecule has 2 N–H and O–H groups in total. The van der Waals surface area contributed by atoms with Gasteiger partial charge >= 0.3 is 5.69 Å². The van der Waals surface area contributed by atoms with Crippen LogP contribution in [0.25, 0.3) is 11.2 Å². The second-order valence-corrected chi connectivity index (χ2v) is 7.10. The lowest BCUT2D eigenvalue weighted by Gasteiger charge is -2.62. The van der Waals surface area contributed by atoms with Crippen molar-refractivity contribution >= 4 is 17.1 Å². The van der Waals surface area contributed by atoms with E-state index in [9.17, 15) is 9.59 Å². The number of hydrogen-bond acceptors (Lipinski definition) is 3. The summed E-state index contributed by atoms with van der Waals surface area (Å²) < 4.78 is 0. The second kappa shape index (κ2) is 4.00. The molecular formula is C16H18N4O2.